The van der Waals surface area contributed by atoms with E-state index in [1.165, 1.54) is 27.7 Å². The van der Waals surface area contributed by atoms with Crippen molar-refractivity contribution in [1.82, 2.24) is 4.98 Å². The average Bonchev–Trinajstić information content (AvgIpc) is 2.93. The summed E-state index contributed by atoms with van der Waals surface area (Å²) in [7, 11) is 0. The molecule has 0 fully saturated rings. The van der Waals surface area contributed by atoms with Gasteiger partial charge in [-0.2, -0.15) is 0 Å². The van der Waals surface area contributed by atoms with Gasteiger partial charge in [0.2, 0.25) is 0 Å². The fraction of sp³-hybridized carbons (Fsp3) is 0.250. The summed E-state index contributed by atoms with van der Waals surface area (Å²) in [4.78, 5) is 15.8. The van der Waals surface area contributed by atoms with Gasteiger partial charge < -0.3 is 9.72 Å². The highest BCUT2D eigenvalue weighted by molar-refractivity contribution is 5.89. The Balaban J connectivity index is 1.57. The van der Waals surface area contributed by atoms with Gasteiger partial charge in [-0.05, 0) is 49.6 Å². The Morgan fingerprint density at radius 1 is 1.17 bits per heavy atom. The molecule has 1 heterocycles. The van der Waals surface area contributed by atoms with Gasteiger partial charge in [-0.25, -0.2) is 4.79 Å². The van der Waals surface area contributed by atoms with Crippen molar-refractivity contribution in [3.05, 3.63) is 70.9 Å². The van der Waals surface area contributed by atoms with Gasteiger partial charge in [-0.15, -0.1) is 0 Å². The number of ether oxygens (including phenoxy) is 1. The minimum absolute atomic E-state index is 0.0466. The van der Waals surface area contributed by atoms with Crippen LogP contribution in [0, 0.1) is 6.92 Å². The molecule has 3 nitrogen and oxygen atoms in total. The molecule has 1 aromatic heterocycles. The van der Waals surface area contributed by atoms with E-state index in [1.807, 2.05) is 18.2 Å². The summed E-state index contributed by atoms with van der Waals surface area (Å²) in [5.74, 6) is -0.227. The van der Waals surface area contributed by atoms with Crippen LogP contribution in [0.2, 0.25) is 0 Å². The highest BCUT2D eigenvalue weighted by Crippen LogP contribution is 2.31. The number of aromatic nitrogens is 1. The second-order valence-electron chi connectivity index (χ2n) is 6.27. The topological polar surface area (TPSA) is 42.1 Å². The zero-order valence-corrected chi connectivity index (χ0v) is 13.1. The lowest BCUT2D eigenvalue weighted by Crippen LogP contribution is -2.25. The third kappa shape index (κ3) is 2.63. The number of H-pyrrole nitrogens is 1. The number of carbonyl (C=O) groups excluding carboxylic acids is 1. The van der Waals surface area contributed by atoms with E-state index in [-0.39, 0.29) is 12.1 Å². The van der Waals surface area contributed by atoms with Crippen molar-refractivity contribution in [1.29, 1.82) is 0 Å². The first-order valence-electron chi connectivity index (χ1n) is 8.07. The van der Waals surface area contributed by atoms with Crippen LogP contribution in [0.5, 0.6) is 0 Å². The summed E-state index contributed by atoms with van der Waals surface area (Å²) in [6, 6.07) is 15.7. The van der Waals surface area contributed by atoms with Crippen LogP contribution in [0.15, 0.2) is 48.5 Å². The highest BCUT2D eigenvalue weighted by Gasteiger charge is 2.25. The molecule has 1 N–H and O–H groups in total. The van der Waals surface area contributed by atoms with E-state index in [0.717, 1.165) is 19.3 Å². The molecular formula is C20H19NO2. The predicted octanol–water partition coefficient (Wildman–Crippen LogP) is 4.19. The molecule has 3 heteroatoms. The first-order valence-corrected chi connectivity index (χ1v) is 8.07. The molecule has 1 unspecified atom stereocenters. The lowest BCUT2D eigenvalue weighted by Gasteiger charge is -2.22. The van der Waals surface area contributed by atoms with E-state index in [1.54, 1.807) is 12.1 Å². The van der Waals surface area contributed by atoms with Crippen LogP contribution >= 0.6 is 0 Å². The molecule has 3 aromatic rings. The SMILES string of the molecule is Cc1ccc2[nH]c3c(c2c1)CC(OC(=O)c1ccccc1)CC3. The molecule has 2 aromatic carbocycles. The number of fused-ring (bicyclic) bond motifs is 3. The molecule has 1 atom stereocenters. The van der Waals surface area contributed by atoms with Gasteiger partial charge in [0.15, 0.2) is 0 Å². The van der Waals surface area contributed by atoms with Crippen molar-refractivity contribution in [3.63, 3.8) is 0 Å². The summed E-state index contributed by atoms with van der Waals surface area (Å²) < 4.78 is 5.73. The smallest absolute Gasteiger partial charge is 0.338 e. The second kappa shape index (κ2) is 5.58. The molecule has 0 radical (unpaired) electrons. The number of hydrogen-bond donors (Lipinski definition) is 1. The number of rotatable bonds is 2. The summed E-state index contributed by atoms with van der Waals surface area (Å²) in [6.45, 7) is 2.11. The predicted molar refractivity (Wildman–Crippen MR) is 90.7 cm³/mol. The van der Waals surface area contributed by atoms with Crippen LogP contribution in [-0.2, 0) is 17.6 Å². The van der Waals surface area contributed by atoms with Crippen molar-refractivity contribution < 1.29 is 9.53 Å². The minimum atomic E-state index is -0.227. The molecule has 1 aliphatic carbocycles. The van der Waals surface area contributed by atoms with E-state index < -0.39 is 0 Å². The summed E-state index contributed by atoms with van der Waals surface area (Å²) in [5, 5.41) is 1.26. The standard InChI is InChI=1S/C20H19NO2/c1-13-7-9-18-16(11-13)17-12-15(8-10-19(17)21-18)23-20(22)14-5-3-2-4-6-14/h2-7,9,11,15,21H,8,10,12H2,1H3. The maximum Gasteiger partial charge on any atom is 0.338 e. The van der Waals surface area contributed by atoms with Crippen molar-refractivity contribution in [2.24, 2.45) is 0 Å². The second-order valence-corrected chi connectivity index (χ2v) is 6.27. The third-order valence-corrected chi connectivity index (χ3v) is 4.58. The third-order valence-electron chi connectivity index (χ3n) is 4.58. The largest absolute Gasteiger partial charge is 0.458 e. The fourth-order valence-electron chi connectivity index (χ4n) is 3.39. The molecule has 23 heavy (non-hydrogen) atoms. The van der Waals surface area contributed by atoms with Crippen LogP contribution < -0.4 is 0 Å². The maximum absolute atomic E-state index is 12.3. The van der Waals surface area contributed by atoms with Crippen LogP contribution in [-0.4, -0.2) is 17.1 Å². The molecule has 0 amide bonds. The number of benzene rings is 2. The first kappa shape index (κ1) is 14.1. The van der Waals surface area contributed by atoms with E-state index in [4.69, 9.17) is 4.74 Å². The lowest BCUT2D eigenvalue weighted by molar-refractivity contribution is 0.0271. The zero-order chi connectivity index (χ0) is 15.8. The molecule has 0 saturated carbocycles. The molecule has 0 saturated heterocycles. The molecular weight excluding hydrogens is 286 g/mol. The average molecular weight is 305 g/mol. The molecule has 1 aliphatic rings. The number of esters is 1. The van der Waals surface area contributed by atoms with Crippen molar-refractivity contribution >= 4 is 16.9 Å². The zero-order valence-electron chi connectivity index (χ0n) is 13.1. The quantitative estimate of drug-likeness (QED) is 0.721. The number of nitrogens with one attached hydrogen (secondary N) is 1. The van der Waals surface area contributed by atoms with Gasteiger partial charge in [0.25, 0.3) is 0 Å². The Kier molecular flexibility index (Phi) is 3.41. The van der Waals surface area contributed by atoms with E-state index >= 15 is 0 Å². The lowest BCUT2D eigenvalue weighted by atomic mass is 9.93. The Morgan fingerprint density at radius 3 is 2.83 bits per heavy atom. The van der Waals surface area contributed by atoms with Crippen LogP contribution in [0.3, 0.4) is 0 Å². The summed E-state index contributed by atoms with van der Waals surface area (Å²) in [6.07, 6.45) is 2.54. The molecule has 0 bridgehead atoms. The van der Waals surface area contributed by atoms with Crippen molar-refractivity contribution in [3.8, 4) is 0 Å². The van der Waals surface area contributed by atoms with Gasteiger partial charge in [0.05, 0.1) is 5.56 Å². The fourth-order valence-corrected chi connectivity index (χ4v) is 3.39. The van der Waals surface area contributed by atoms with Crippen LogP contribution in [0.25, 0.3) is 10.9 Å². The van der Waals surface area contributed by atoms with Gasteiger partial charge in [-0.3, -0.25) is 0 Å². The normalized spacial score (nSPS) is 17.0. The summed E-state index contributed by atoms with van der Waals surface area (Å²) in [5.41, 5.74) is 5.64. The molecule has 0 aliphatic heterocycles. The van der Waals surface area contributed by atoms with Gasteiger partial charge in [0, 0.05) is 23.0 Å². The monoisotopic (exact) mass is 305 g/mol. The number of aryl methyl sites for hydroxylation is 2. The van der Waals surface area contributed by atoms with E-state index in [9.17, 15) is 4.79 Å². The number of carbonyl (C=O) groups is 1. The number of hydrogen-bond acceptors (Lipinski definition) is 2. The van der Waals surface area contributed by atoms with Gasteiger partial charge in [0.1, 0.15) is 6.10 Å². The Morgan fingerprint density at radius 2 is 2.00 bits per heavy atom. The summed E-state index contributed by atoms with van der Waals surface area (Å²) >= 11 is 0. The Bertz CT molecular complexity index is 864. The minimum Gasteiger partial charge on any atom is -0.458 e. The van der Waals surface area contributed by atoms with Gasteiger partial charge in [-0.1, -0.05) is 29.8 Å². The Hall–Kier alpha value is -2.55. The molecule has 116 valence electrons. The number of aromatic amines is 1. The van der Waals surface area contributed by atoms with Crippen LogP contribution in [0.4, 0.5) is 0 Å². The van der Waals surface area contributed by atoms with Gasteiger partial charge >= 0.3 is 5.97 Å². The van der Waals surface area contributed by atoms with E-state index in [0.29, 0.717) is 5.56 Å². The highest BCUT2D eigenvalue weighted by atomic mass is 16.5. The maximum atomic E-state index is 12.3. The van der Waals surface area contributed by atoms with Crippen molar-refractivity contribution in [2.75, 3.05) is 0 Å². The molecule has 4 rings (SSSR count). The Labute approximate surface area is 135 Å². The van der Waals surface area contributed by atoms with E-state index in [2.05, 4.69) is 30.1 Å². The van der Waals surface area contributed by atoms with Crippen LogP contribution in [0.1, 0.15) is 33.6 Å². The molecule has 0 spiro atoms. The van der Waals surface area contributed by atoms with Crippen molar-refractivity contribution in [2.45, 2.75) is 32.3 Å². The first-order chi connectivity index (χ1) is 11.2.